The first kappa shape index (κ1) is 22.0. The fourth-order valence-electron chi connectivity index (χ4n) is 2.18. The van der Waals surface area contributed by atoms with E-state index in [0.29, 0.717) is 5.69 Å². The van der Waals surface area contributed by atoms with E-state index in [4.69, 9.17) is 0 Å². The van der Waals surface area contributed by atoms with Crippen molar-refractivity contribution < 1.29 is 27.5 Å². The van der Waals surface area contributed by atoms with E-state index in [2.05, 4.69) is 25.7 Å². The average Bonchev–Trinajstić information content (AvgIpc) is 2.64. The second-order valence-corrected chi connectivity index (χ2v) is 6.42. The number of benzene rings is 1. The maximum absolute atomic E-state index is 12.1. The lowest BCUT2D eigenvalue weighted by atomic mass is 10.2. The highest BCUT2D eigenvalue weighted by Gasteiger charge is 2.28. The number of pyridine rings is 1. The van der Waals surface area contributed by atoms with Gasteiger partial charge in [-0.15, -0.1) is 0 Å². The number of nitrogens with one attached hydrogen (secondary N) is 3. The monoisotopic (exact) mass is 410 g/mol. The van der Waals surface area contributed by atoms with Crippen molar-refractivity contribution in [3.05, 3.63) is 53.7 Å². The predicted molar refractivity (Wildman–Crippen MR) is 101 cm³/mol. The van der Waals surface area contributed by atoms with Crippen molar-refractivity contribution in [1.29, 1.82) is 0 Å². The third-order valence-electron chi connectivity index (χ3n) is 3.47. The number of carbonyl (C=O) groups excluding carboxylic acids is 2. The summed E-state index contributed by atoms with van der Waals surface area (Å²) in [5.41, 5.74) is 1.59. The summed E-state index contributed by atoms with van der Waals surface area (Å²) in [6.45, 7) is 2.48. The molecule has 1 aromatic heterocycles. The van der Waals surface area contributed by atoms with Gasteiger partial charge in [0.1, 0.15) is 0 Å². The zero-order chi connectivity index (χ0) is 21.4. The molecule has 3 N–H and O–H groups in total. The van der Waals surface area contributed by atoms with Crippen LogP contribution in [0.2, 0.25) is 0 Å². The molecule has 0 aliphatic heterocycles. The molecule has 7 nitrogen and oxygen atoms in total. The Labute approximate surface area is 165 Å². The van der Waals surface area contributed by atoms with Crippen LogP contribution in [0.25, 0.3) is 0 Å². The molecule has 0 aliphatic rings. The molecule has 0 unspecified atom stereocenters. The summed E-state index contributed by atoms with van der Waals surface area (Å²) in [7, 11) is 0. The van der Waals surface area contributed by atoms with Gasteiger partial charge in [-0.1, -0.05) is 12.1 Å². The summed E-state index contributed by atoms with van der Waals surface area (Å²) in [5, 5.41) is 8.07. The van der Waals surface area contributed by atoms with Crippen LogP contribution in [0.1, 0.15) is 29.8 Å². The van der Waals surface area contributed by atoms with Crippen molar-refractivity contribution in [2.45, 2.75) is 32.6 Å². The van der Waals surface area contributed by atoms with Gasteiger partial charge in [0.15, 0.2) is 6.61 Å². The number of nitrogens with zero attached hydrogens (tertiary/aromatic N) is 1. The summed E-state index contributed by atoms with van der Waals surface area (Å²) in [6.07, 6.45) is -3.32. The lowest BCUT2D eigenvalue weighted by molar-refractivity contribution is -0.154. The lowest BCUT2D eigenvalue weighted by Gasteiger charge is -2.11. The minimum Gasteiger partial charge on any atom is -0.468 e. The number of rotatable bonds is 7. The Hall–Kier alpha value is -3.30. The molecular formula is C19H21F3N4O3. The van der Waals surface area contributed by atoms with Crippen molar-refractivity contribution in [2.24, 2.45) is 0 Å². The third kappa shape index (κ3) is 8.08. The van der Waals surface area contributed by atoms with Crippen LogP contribution in [0, 0.1) is 0 Å². The molecule has 2 aromatic rings. The molecule has 3 amide bonds. The van der Waals surface area contributed by atoms with Crippen LogP contribution >= 0.6 is 0 Å². The average molecular weight is 410 g/mol. The highest BCUT2D eigenvalue weighted by atomic mass is 19.4. The first-order chi connectivity index (χ1) is 13.6. The Morgan fingerprint density at radius 2 is 1.79 bits per heavy atom. The Balaban J connectivity index is 1.83. The normalized spacial score (nSPS) is 11.1. The molecule has 2 rings (SSSR count). The van der Waals surface area contributed by atoms with Gasteiger partial charge in [0, 0.05) is 30.5 Å². The van der Waals surface area contributed by atoms with Gasteiger partial charge in [0.25, 0.3) is 5.91 Å². The van der Waals surface area contributed by atoms with E-state index in [1.807, 2.05) is 13.8 Å². The topological polar surface area (TPSA) is 92.4 Å². The second kappa shape index (κ2) is 9.76. The smallest absolute Gasteiger partial charge is 0.422 e. The van der Waals surface area contributed by atoms with Crippen LogP contribution in [-0.2, 0) is 6.54 Å². The van der Waals surface area contributed by atoms with Gasteiger partial charge in [0.2, 0.25) is 5.88 Å². The number of aromatic nitrogens is 1. The highest BCUT2D eigenvalue weighted by molar-refractivity contribution is 5.93. The van der Waals surface area contributed by atoms with Crippen molar-refractivity contribution in [1.82, 2.24) is 15.6 Å². The zero-order valence-electron chi connectivity index (χ0n) is 15.8. The SMILES string of the molecule is CC(C)NC(=O)Nc1ccc(CNC(=O)c2ccc(OCC(F)(F)F)nc2)cc1. The van der Waals surface area contributed by atoms with Crippen LogP contribution in [0.4, 0.5) is 23.7 Å². The number of ether oxygens (including phenoxy) is 1. The summed E-state index contributed by atoms with van der Waals surface area (Å²) >= 11 is 0. The Morgan fingerprint density at radius 1 is 1.10 bits per heavy atom. The molecule has 0 aliphatic carbocycles. The van der Waals surface area contributed by atoms with E-state index >= 15 is 0 Å². The summed E-state index contributed by atoms with van der Waals surface area (Å²) in [4.78, 5) is 27.5. The fraction of sp³-hybridized carbons (Fsp3) is 0.316. The van der Waals surface area contributed by atoms with Crippen molar-refractivity contribution >= 4 is 17.6 Å². The summed E-state index contributed by atoms with van der Waals surface area (Å²) < 4.78 is 40.8. The first-order valence-corrected chi connectivity index (χ1v) is 8.72. The molecule has 0 atom stereocenters. The van der Waals surface area contributed by atoms with Crippen LogP contribution in [-0.4, -0.2) is 35.7 Å². The Bertz CT molecular complexity index is 822. The molecule has 156 valence electrons. The molecule has 10 heteroatoms. The predicted octanol–water partition coefficient (Wildman–Crippen LogP) is 3.48. The fourth-order valence-corrected chi connectivity index (χ4v) is 2.18. The number of alkyl halides is 3. The van der Waals surface area contributed by atoms with Crippen molar-refractivity contribution in [3.8, 4) is 5.88 Å². The second-order valence-electron chi connectivity index (χ2n) is 6.42. The van der Waals surface area contributed by atoms with E-state index in [9.17, 15) is 22.8 Å². The Morgan fingerprint density at radius 3 is 2.34 bits per heavy atom. The number of hydrogen-bond acceptors (Lipinski definition) is 4. The van der Waals surface area contributed by atoms with Crippen molar-refractivity contribution in [2.75, 3.05) is 11.9 Å². The number of carbonyl (C=O) groups is 2. The summed E-state index contributed by atoms with van der Waals surface area (Å²) in [5.74, 6) is -0.651. The molecular weight excluding hydrogens is 389 g/mol. The van der Waals surface area contributed by atoms with Crippen LogP contribution < -0.4 is 20.7 Å². The molecule has 0 radical (unpaired) electrons. The molecule has 0 saturated carbocycles. The molecule has 29 heavy (non-hydrogen) atoms. The van der Waals surface area contributed by atoms with E-state index in [1.165, 1.54) is 12.1 Å². The maximum atomic E-state index is 12.1. The van der Waals surface area contributed by atoms with Gasteiger partial charge in [0.05, 0.1) is 5.56 Å². The zero-order valence-corrected chi connectivity index (χ0v) is 15.8. The van der Waals surface area contributed by atoms with E-state index in [1.54, 1.807) is 24.3 Å². The molecule has 1 heterocycles. The number of urea groups is 1. The molecule has 1 aromatic carbocycles. The van der Waals surface area contributed by atoms with E-state index in [0.717, 1.165) is 11.8 Å². The van der Waals surface area contributed by atoms with E-state index < -0.39 is 18.7 Å². The molecule has 0 fully saturated rings. The molecule has 0 bridgehead atoms. The standard InChI is InChI=1S/C19H21F3N4O3/c1-12(2)25-18(28)26-15-6-3-13(4-7-15)9-24-17(27)14-5-8-16(23-10-14)29-11-19(20,21)22/h3-8,10,12H,9,11H2,1-2H3,(H,24,27)(H2,25,26,28). The van der Waals surface area contributed by atoms with Crippen molar-refractivity contribution in [3.63, 3.8) is 0 Å². The third-order valence-corrected chi connectivity index (χ3v) is 3.47. The number of hydrogen-bond donors (Lipinski definition) is 3. The summed E-state index contributed by atoms with van der Waals surface area (Å²) in [6, 6.07) is 9.14. The van der Waals surface area contributed by atoms with Crippen LogP contribution in [0.3, 0.4) is 0 Å². The van der Waals surface area contributed by atoms with Gasteiger partial charge in [-0.25, -0.2) is 9.78 Å². The quantitative estimate of drug-likeness (QED) is 0.652. The number of amides is 3. The van der Waals surface area contributed by atoms with E-state index in [-0.39, 0.29) is 30.1 Å². The largest absolute Gasteiger partial charge is 0.468 e. The van der Waals surface area contributed by atoms with Crippen LogP contribution in [0.5, 0.6) is 5.88 Å². The van der Waals surface area contributed by atoms with Gasteiger partial charge in [-0.2, -0.15) is 13.2 Å². The van der Waals surface area contributed by atoms with Gasteiger partial charge in [-0.05, 0) is 37.6 Å². The molecule has 0 saturated heterocycles. The lowest BCUT2D eigenvalue weighted by Crippen LogP contribution is -2.34. The van der Waals surface area contributed by atoms with Gasteiger partial charge < -0.3 is 20.7 Å². The first-order valence-electron chi connectivity index (χ1n) is 8.72. The number of halogens is 3. The molecule has 0 spiro atoms. The highest BCUT2D eigenvalue weighted by Crippen LogP contribution is 2.17. The maximum Gasteiger partial charge on any atom is 0.422 e. The minimum atomic E-state index is -4.46. The van der Waals surface area contributed by atoms with Crippen LogP contribution in [0.15, 0.2) is 42.6 Å². The number of anilines is 1. The van der Waals surface area contributed by atoms with Gasteiger partial charge >= 0.3 is 12.2 Å². The minimum absolute atomic E-state index is 0.0178. The Kier molecular flexibility index (Phi) is 7.40. The van der Waals surface area contributed by atoms with Gasteiger partial charge in [-0.3, -0.25) is 4.79 Å².